The lowest BCUT2D eigenvalue weighted by Gasteiger charge is -2.22. The van der Waals surface area contributed by atoms with Crippen LogP contribution in [0.1, 0.15) is 39.3 Å². The molecule has 1 unspecified atom stereocenters. The van der Waals surface area contributed by atoms with E-state index in [1.165, 1.54) is 0 Å². The molecule has 0 aliphatic rings. The van der Waals surface area contributed by atoms with Crippen molar-refractivity contribution in [2.45, 2.75) is 39.8 Å². The third-order valence-electron chi connectivity index (χ3n) is 3.38. The first-order valence-corrected chi connectivity index (χ1v) is 8.26. The average molecular weight is 340 g/mol. The van der Waals surface area contributed by atoms with E-state index in [0.717, 1.165) is 5.56 Å². The van der Waals surface area contributed by atoms with Crippen LogP contribution in [-0.2, 0) is 9.59 Å². The van der Waals surface area contributed by atoms with E-state index in [2.05, 4.69) is 10.6 Å². The fraction of sp³-hybridized carbons (Fsp3) is 0.529. The number of hydrogen-bond acceptors (Lipinski definition) is 3. The van der Waals surface area contributed by atoms with E-state index in [-0.39, 0.29) is 37.0 Å². The second kappa shape index (κ2) is 9.53. The van der Waals surface area contributed by atoms with Crippen LogP contribution < -0.4 is 10.6 Å². The van der Waals surface area contributed by atoms with Gasteiger partial charge in [0.1, 0.15) is 0 Å². The maximum Gasteiger partial charge on any atom is 0.234 e. The Morgan fingerprint density at radius 1 is 1.04 bits per heavy atom. The summed E-state index contributed by atoms with van der Waals surface area (Å²) in [5.41, 5.74) is 0.989. The minimum Gasteiger partial charge on any atom is -0.353 e. The van der Waals surface area contributed by atoms with Crippen LogP contribution in [0.25, 0.3) is 0 Å². The van der Waals surface area contributed by atoms with Gasteiger partial charge in [0.25, 0.3) is 0 Å². The third-order valence-corrected chi connectivity index (χ3v) is 3.63. The van der Waals surface area contributed by atoms with Crippen LogP contribution in [0.15, 0.2) is 24.3 Å². The van der Waals surface area contributed by atoms with Crippen molar-refractivity contribution in [1.29, 1.82) is 0 Å². The van der Waals surface area contributed by atoms with Crippen molar-refractivity contribution in [2.75, 3.05) is 19.6 Å². The Kier molecular flexibility index (Phi) is 8.06. The van der Waals surface area contributed by atoms with Crippen molar-refractivity contribution in [3.8, 4) is 0 Å². The molecule has 0 saturated carbocycles. The van der Waals surface area contributed by atoms with E-state index in [0.29, 0.717) is 11.6 Å². The summed E-state index contributed by atoms with van der Waals surface area (Å²) in [6.45, 7) is 8.72. The SMILES string of the molecule is CCN(CC(=O)NC(C)C)CC(=O)NC(C)c1ccc(Cl)cc1. The van der Waals surface area contributed by atoms with E-state index in [4.69, 9.17) is 11.6 Å². The fourth-order valence-electron chi connectivity index (χ4n) is 2.18. The van der Waals surface area contributed by atoms with Crippen molar-refractivity contribution in [1.82, 2.24) is 15.5 Å². The van der Waals surface area contributed by atoms with Gasteiger partial charge < -0.3 is 10.6 Å². The average Bonchev–Trinajstić information content (AvgIpc) is 2.46. The van der Waals surface area contributed by atoms with E-state index >= 15 is 0 Å². The number of nitrogens with zero attached hydrogens (tertiary/aromatic N) is 1. The first kappa shape index (κ1) is 19.5. The smallest absolute Gasteiger partial charge is 0.234 e. The standard InChI is InChI=1S/C17H26ClN3O2/c1-5-21(10-16(22)19-12(2)3)11-17(23)20-13(4)14-6-8-15(18)9-7-14/h6-9,12-13H,5,10-11H2,1-4H3,(H,19,22)(H,20,23). The van der Waals surface area contributed by atoms with E-state index < -0.39 is 0 Å². The lowest BCUT2D eigenvalue weighted by molar-refractivity contribution is -0.125. The Balaban J connectivity index is 2.49. The van der Waals surface area contributed by atoms with Gasteiger partial charge in [-0.15, -0.1) is 0 Å². The van der Waals surface area contributed by atoms with Crippen molar-refractivity contribution < 1.29 is 9.59 Å². The lowest BCUT2D eigenvalue weighted by atomic mass is 10.1. The maximum absolute atomic E-state index is 12.2. The Bertz CT molecular complexity index is 517. The highest BCUT2D eigenvalue weighted by Gasteiger charge is 2.15. The van der Waals surface area contributed by atoms with Crippen molar-refractivity contribution in [3.63, 3.8) is 0 Å². The lowest BCUT2D eigenvalue weighted by Crippen LogP contribution is -2.44. The summed E-state index contributed by atoms with van der Waals surface area (Å²) < 4.78 is 0. The summed E-state index contributed by atoms with van der Waals surface area (Å²) in [5.74, 6) is -0.174. The molecule has 1 aromatic carbocycles. The molecule has 0 aliphatic carbocycles. The molecule has 2 N–H and O–H groups in total. The summed E-state index contributed by atoms with van der Waals surface area (Å²) >= 11 is 5.86. The third kappa shape index (κ3) is 7.48. The van der Waals surface area contributed by atoms with Crippen LogP contribution in [-0.4, -0.2) is 42.4 Å². The maximum atomic E-state index is 12.2. The zero-order valence-corrected chi connectivity index (χ0v) is 15.0. The number of nitrogens with one attached hydrogen (secondary N) is 2. The predicted molar refractivity (Wildman–Crippen MR) is 93.4 cm³/mol. The molecule has 0 bridgehead atoms. The van der Waals surface area contributed by atoms with Gasteiger partial charge in [-0.05, 0) is 45.0 Å². The summed E-state index contributed by atoms with van der Waals surface area (Å²) in [6.07, 6.45) is 0. The molecule has 128 valence electrons. The highest BCUT2D eigenvalue weighted by Crippen LogP contribution is 2.15. The van der Waals surface area contributed by atoms with E-state index in [1.807, 2.05) is 44.7 Å². The Labute approximate surface area is 143 Å². The number of halogens is 1. The number of carbonyl (C=O) groups is 2. The highest BCUT2D eigenvalue weighted by molar-refractivity contribution is 6.30. The Morgan fingerprint density at radius 3 is 2.04 bits per heavy atom. The van der Waals surface area contributed by atoms with Gasteiger partial charge in [-0.1, -0.05) is 30.7 Å². The molecule has 1 rings (SSSR count). The van der Waals surface area contributed by atoms with Crippen LogP contribution in [0.2, 0.25) is 5.02 Å². The van der Waals surface area contributed by atoms with Crippen molar-refractivity contribution in [2.24, 2.45) is 0 Å². The van der Waals surface area contributed by atoms with Gasteiger partial charge in [0, 0.05) is 11.1 Å². The van der Waals surface area contributed by atoms with Gasteiger partial charge in [0.05, 0.1) is 19.1 Å². The normalized spacial score (nSPS) is 12.3. The zero-order chi connectivity index (χ0) is 17.4. The summed E-state index contributed by atoms with van der Waals surface area (Å²) in [4.78, 5) is 25.7. The second-order valence-corrected chi connectivity index (χ2v) is 6.30. The second-order valence-electron chi connectivity index (χ2n) is 5.87. The molecule has 0 spiro atoms. The summed E-state index contributed by atoms with van der Waals surface area (Å²) in [6, 6.07) is 7.37. The highest BCUT2D eigenvalue weighted by atomic mass is 35.5. The number of likely N-dealkylation sites (N-methyl/N-ethyl adjacent to an activating group) is 1. The minimum absolute atomic E-state index is 0.0691. The minimum atomic E-state index is -0.108. The molecule has 0 aromatic heterocycles. The van der Waals surface area contributed by atoms with Gasteiger partial charge in [0.15, 0.2) is 0 Å². The van der Waals surface area contributed by atoms with Gasteiger partial charge >= 0.3 is 0 Å². The predicted octanol–water partition coefficient (Wildman–Crippen LogP) is 2.36. The van der Waals surface area contributed by atoms with Crippen LogP contribution in [0, 0.1) is 0 Å². The molecule has 0 radical (unpaired) electrons. The molecule has 0 fully saturated rings. The largest absolute Gasteiger partial charge is 0.353 e. The first-order valence-electron chi connectivity index (χ1n) is 7.88. The summed E-state index contributed by atoms with van der Waals surface area (Å²) in [5, 5.41) is 6.43. The van der Waals surface area contributed by atoms with Gasteiger partial charge in [0.2, 0.25) is 11.8 Å². The molecular weight excluding hydrogens is 314 g/mol. The Hall–Kier alpha value is -1.59. The molecule has 0 aliphatic heterocycles. The van der Waals surface area contributed by atoms with E-state index in [9.17, 15) is 9.59 Å². The van der Waals surface area contributed by atoms with Crippen LogP contribution >= 0.6 is 11.6 Å². The zero-order valence-electron chi connectivity index (χ0n) is 14.2. The summed E-state index contributed by atoms with van der Waals surface area (Å²) in [7, 11) is 0. The number of rotatable bonds is 8. The van der Waals surface area contributed by atoms with Crippen molar-refractivity contribution in [3.05, 3.63) is 34.9 Å². The number of hydrogen-bond donors (Lipinski definition) is 2. The first-order chi connectivity index (χ1) is 10.8. The molecule has 1 aromatic rings. The van der Waals surface area contributed by atoms with Gasteiger partial charge in [-0.25, -0.2) is 0 Å². The van der Waals surface area contributed by atoms with Crippen LogP contribution in [0.4, 0.5) is 0 Å². The molecule has 0 heterocycles. The fourth-order valence-corrected chi connectivity index (χ4v) is 2.30. The molecule has 0 saturated heterocycles. The van der Waals surface area contributed by atoms with Crippen LogP contribution in [0.3, 0.4) is 0 Å². The molecule has 5 nitrogen and oxygen atoms in total. The van der Waals surface area contributed by atoms with E-state index in [1.54, 1.807) is 12.1 Å². The molecular formula is C17H26ClN3O2. The molecule has 1 atom stereocenters. The monoisotopic (exact) mass is 339 g/mol. The van der Waals surface area contributed by atoms with Crippen molar-refractivity contribution >= 4 is 23.4 Å². The number of amides is 2. The molecule has 6 heteroatoms. The quantitative estimate of drug-likeness (QED) is 0.764. The topological polar surface area (TPSA) is 61.4 Å². The van der Waals surface area contributed by atoms with Gasteiger partial charge in [-0.2, -0.15) is 0 Å². The number of benzene rings is 1. The number of carbonyl (C=O) groups excluding carboxylic acids is 2. The van der Waals surface area contributed by atoms with Crippen LogP contribution in [0.5, 0.6) is 0 Å². The Morgan fingerprint density at radius 2 is 1.57 bits per heavy atom. The molecule has 23 heavy (non-hydrogen) atoms. The van der Waals surface area contributed by atoms with Gasteiger partial charge in [-0.3, -0.25) is 14.5 Å². The molecule has 2 amide bonds.